The van der Waals surface area contributed by atoms with Gasteiger partial charge in [-0.1, -0.05) is 0 Å². The molecule has 0 bridgehead atoms. The van der Waals surface area contributed by atoms with Crippen LogP contribution in [0.25, 0.3) is 0 Å². The Morgan fingerprint density at radius 2 is 2.20 bits per heavy atom. The molecule has 0 aromatic carbocycles. The van der Waals surface area contributed by atoms with Crippen LogP contribution in [0.15, 0.2) is 6.07 Å². The third kappa shape index (κ3) is 2.23. The van der Waals surface area contributed by atoms with Gasteiger partial charge >= 0.3 is 5.97 Å². The smallest absolute Gasteiger partial charge is 0.354 e. The Hall–Kier alpha value is -1.65. The summed E-state index contributed by atoms with van der Waals surface area (Å²) in [6.45, 7) is 3.83. The van der Waals surface area contributed by atoms with E-state index < -0.39 is 5.97 Å². The lowest BCUT2D eigenvalue weighted by Gasteiger charge is -2.11. The molecule has 1 saturated carbocycles. The molecule has 80 valence electrons. The first kappa shape index (κ1) is 9.89. The highest BCUT2D eigenvalue weighted by atomic mass is 16.4. The number of nitrogens with one attached hydrogen (secondary N) is 1. The lowest BCUT2D eigenvalue weighted by Crippen LogP contribution is -2.19. The Morgan fingerprint density at radius 3 is 2.73 bits per heavy atom. The minimum absolute atomic E-state index is 0.0363. The van der Waals surface area contributed by atoms with Crippen LogP contribution in [0.5, 0.6) is 0 Å². The van der Waals surface area contributed by atoms with Gasteiger partial charge in [-0.25, -0.2) is 14.8 Å². The van der Waals surface area contributed by atoms with Gasteiger partial charge in [-0.2, -0.15) is 0 Å². The third-order valence-corrected chi connectivity index (χ3v) is 2.49. The van der Waals surface area contributed by atoms with Crippen LogP contribution in [0, 0.1) is 6.92 Å². The number of anilines is 1. The number of aromatic nitrogens is 2. The summed E-state index contributed by atoms with van der Waals surface area (Å²) in [5.74, 6) is -0.614. The molecule has 0 radical (unpaired) electrons. The summed E-state index contributed by atoms with van der Waals surface area (Å²) >= 11 is 0. The Balaban J connectivity index is 2.27. The molecule has 1 aromatic heterocycles. The van der Waals surface area contributed by atoms with E-state index in [2.05, 4.69) is 22.2 Å². The standard InChI is InChI=1S/C10H13N3O2/c1-6-5-7(8(14)15)12-9(11-6)13-10(2)3-4-10/h5H,3-4H2,1-2H3,(H,14,15)(H,11,12,13). The molecule has 5 heteroatoms. The SMILES string of the molecule is Cc1cc(C(=O)O)nc(NC2(C)CC2)n1. The number of hydrogen-bond donors (Lipinski definition) is 2. The summed E-state index contributed by atoms with van der Waals surface area (Å²) in [7, 11) is 0. The van der Waals surface area contributed by atoms with Crippen molar-refractivity contribution < 1.29 is 9.90 Å². The molecule has 5 nitrogen and oxygen atoms in total. The van der Waals surface area contributed by atoms with Crippen molar-refractivity contribution in [2.75, 3.05) is 5.32 Å². The normalized spacial score (nSPS) is 17.2. The van der Waals surface area contributed by atoms with Crippen molar-refractivity contribution in [2.45, 2.75) is 32.2 Å². The number of carbonyl (C=O) groups is 1. The van der Waals surface area contributed by atoms with Gasteiger partial charge in [0.05, 0.1) is 0 Å². The monoisotopic (exact) mass is 207 g/mol. The molecule has 1 aromatic rings. The molecule has 2 rings (SSSR count). The molecule has 0 saturated heterocycles. The number of aromatic carboxylic acids is 1. The van der Waals surface area contributed by atoms with Gasteiger partial charge in [-0.3, -0.25) is 0 Å². The molecule has 1 fully saturated rings. The Kier molecular flexibility index (Phi) is 2.10. The lowest BCUT2D eigenvalue weighted by atomic mass is 10.3. The van der Waals surface area contributed by atoms with Crippen molar-refractivity contribution in [1.82, 2.24) is 9.97 Å². The van der Waals surface area contributed by atoms with Gasteiger partial charge in [0.2, 0.25) is 5.95 Å². The Labute approximate surface area is 87.6 Å². The maximum absolute atomic E-state index is 10.8. The van der Waals surface area contributed by atoms with Gasteiger partial charge in [0, 0.05) is 11.2 Å². The summed E-state index contributed by atoms with van der Waals surface area (Å²) < 4.78 is 0. The van der Waals surface area contributed by atoms with Gasteiger partial charge in [0.1, 0.15) is 0 Å². The van der Waals surface area contributed by atoms with E-state index in [0.717, 1.165) is 12.8 Å². The van der Waals surface area contributed by atoms with Gasteiger partial charge in [-0.15, -0.1) is 0 Å². The van der Waals surface area contributed by atoms with E-state index in [1.54, 1.807) is 6.92 Å². The summed E-state index contributed by atoms with van der Waals surface area (Å²) in [5, 5.41) is 12.0. The summed E-state index contributed by atoms with van der Waals surface area (Å²) in [4.78, 5) is 18.9. The summed E-state index contributed by atoms with van der Waals surface area (Å²) in [6.07, 6.45) is 2.15. The zero-order valence-corrected chi connectivity index (χ0v) is 8.74. The average Bonchev–Trinajstić information content (AvgIpc) is 2.81. The van der Waals surface area contributed by atoms with E-state index in [9.17, 15) is 4.79 Å². The maximum atomic E-state index is 10.8. The molecular formula is C10H13N3O2. The van der Waals surface area contributed by atoms with Crippen LogP contribution in [-0.4, -0.2) is 26.6 Å². The molecule has 0 amide bonds. The van der Waals surface area contributed by atoms with E-state index >= 15 is 0 Å². The van der Waals surface area contributed by atoms with Crippen molar-refractivity contribution >= 4 is 11.9 Å². The van der Waals surface area contributed by atoms with E-state index in [-0.39, 0.29) is 11.2 Å². The van der Waals surface area contributed by atoms with E-state index in [4.69, 9.17) is 5.11 Å². The number of carboxylic acids is 1. The quantitative estimate of drug-likeness (QED) is 0.784. The molecule has 1 aliphatic rings. The van der Waals surface area contributed by atoms with Gasteiger partial charge < -0.3 is 10.4 Å². The van der Waals surface area contributed by atoms with Crippen molar-refractivity contribution in [2.24, 2.45) is 0 Å². The second-order valence-electron chi connectivity index (χ2n) is 4.21. The first-order chi connectivity index (χ1) is 6.98. The van der Waals surface area contributed by atoms with Crippen LogP contribution in [0.4, 0.5) is 5.95 Å². The van der Waals surface area contributed by atoms with Gasteiger partial charge in [0.15, 0.2) is 5.69 Å². The number of rotatable bonds is 3. The molecule has 0 atom stereocenters. The molecule has 0 aliphatic heterocycles. The van der Waals surface area contributed by atoms with Crippen molar-refractivity contribution in [3.8, 4) is 0 Å². The largest absolute Gasteiger partial charge is 0.477 e. The number of aryl methyl sites for hydroxylation is 1. The van der Waals surface area contributed by atoms with Crippen molar-refractivity contribution in [3.05, 3.63) is 17.5 Å². The highest BCUT2D eigenvalue weighted by Gasteiger charge is 2.37. The number of nitrogens with zero attached hydrogens (tertiary/aromatic N) is 2. The van der Waals surface area contributed by atoms with E-state index in [1.165, 1.54) is 6.07 Å². The molecule has 1 heterocycles. The van der Waals surface area contributed by atoms with E-state index in [0.29, 0.717) is 11.6 Å². The van der Waals surface area contributed by atoms with Crippen molar-refractivity contribution in [3.63, 3.8) is 0 Å². The average molecular weight is 207 g/mol. The van der Waals surface area contributed by atoms with Crippen LogP contribution in [0.2, 0.25) is 0 Å². The zero-order chi connectivity index (χ0) is 11.1. The Bertz CT molecular complexity index is 413. The van der Waals surface area contributed by atoms with Crippen molar-refractivity contribution in [1.29, 1.82) is 0 Å². The highest BCUT2D eigenvalue weighted by Crippen LogP contribution is 2.37. The fourth-order valence-electron chi connectivity index (χ4n) is 1.32. The Morgan fingerprint density at radius 1 is 1.53 bits per heavy atom. The summed E-state index contributed by atoms with van der Waals surface area (Å²) in [6, 6.07) is 1.46. The van der Waals surface area contributed by atoms with Crippen LogP contribution < -0.4 is 5.32 Å². The fourth-order valence-corrected chi connectivity index (χ4v) is 1.32. The summed E-state index contributed by atoms with van der Waals surface area (Å²) in [5.41, 5.74) is 0.757. The molecule has 15 heavy (non-hydrogen) atoms. The second-order valence-corrected chi connectivity index (χ2v) is 4.21. The highest BCUT2D eigenvalue weighted by molar-refractivity contribution is 5.85. The topological polar surface area (TPSA) is 75.1 Å². The van der Waals surface area contributed by atoms with Crippen LogP contribution in [0.3, 0.4) is 0 Å². The predicted molar refractivity (Wildman–Crippen MR) is 55.0 cm³/mol. The van der Waals surface area contributed by atoms with Crippen LogP contribution in [-0.2, 0) is 0 Å². The molecular weight excluding hydrogens is 194 g/mol. The van der Waals surface area contributed by atoms with Crippen LogP contribution in [0.1, 0.15) is 35.9 Å². The molecule has 2 N–H and O–H groups in total. The van der Waals surface area contributed by atoms with Gasteiger partial charge in [0.25, 0.3) is 0 Å². The second kappa shape index (κ2) is 3.18. The zero-order valence-electron chi connectivity index (χ0n) is 8.74. The first-order valence-electron chi connectivity index (χ1n) is 4.86. The first-order valence-corrected chi connectivity index (χ1v) is 4.86. The molecule has 1 aliphatic carbocycles. The predicted octanol–water partition coefficient (Wildman–Crippen LogP) is 1.45. The number of hydrogen-bond acceptors (Lipinski definition) is 4. The fraction of sp³-hybridized carbons (Fsp3) is 0.500. The minimum atomic E-state index is -1.02. The van der Waals surface area contributed by atoms with Crippen LogP contribution >= 0.6 is 0 Å². The minimum Gasteiger partial charge on any atom is -0.477 e. The van der Waals surface area contributed by atoms with E-state index in [1.807, 2.05) is 0 Å². The third-order valence-electron chi connectivity index (χ3n) is 2.49. The number of carboxylic acid groups (broad SMARTS) is 1. The maximum Gasteiger partial charge on any atom is 0.354 e. The molecule has 0 spiro atoms. The van der Waals surface area contributed by atoms with Gasteiger partial charge in [-0.05, 0) is 32.8 Å². The molecule has 0 unspecified atom stereocenters. The lowest BCUT2D eigenvalue weighted by molar-refractivity contribution is 0.0690.